The van der Waals surface area contributed by atoms with Crippen molar-refractivity contribution in [2.75, 3.05) is 0 Å². The van der Waals surface area contributed by atoms with Gasteiger partial charge >= 0.3 is 6.03 Å². The standard InChI is InChI=1S/C14H15BrN2O2/c1-14(10-4-5-10)12(18)17(13(19)16-14)8-9-2-6-11(15)7-3-9/h2-3,6-7,10H,4-5,8H2,1H3,(H,16,19)/t14-/m0/s1. The summed E-state index contributed by atoms with van der Waals surface area (Å²) in [5.41, 5.74) is 0.263. The molecule has 1 saturated carbocycles. The molecule has 1 N–H and O–H groups in total. The van der Waals surface area contributed by atoms with Crippen LogP contribution in [0.4, 0.5) is 4.79 Å². The van der Waals surface area contributed by atoms with Crippen molar-refractivity contribution in [1.29, 1.82) is 0 Å². The maximum Gasteiger partial charge on any atom is 0.325 e. The first kappa shape index (κ1) is 12.7. The largest absolute Gasteiger partial charge is 0.325 e. The SMILES string of the molecule is C[C@@]1(C2CC2)NC(=O)N(Cc2ccc(Br)cc2)C1=O. The van der Waals surface area contributed by atoms with Crippen molar-refractivity contribution in [3.63, 3.8) is 0 Å². The highest BCUT2D eigenvalue weighted by molar-refractivity contribution is 9.10. The lowest BCUT2D eigenvalue weighted by molar-refractivity contribution is -0.131. The van der Waals surface area contributed by atoms with Crippen LogP contribution in [0.5, 0.6) is 0 Å². The summed E-state index contributed by atoms with van der Waals surface area (Å²) in [5.74, 6) is 0.210. The molecule has 1 aliphatic carbocycles. The molecule has 100 valence electrons. The minimum atomic E-state index is -0.688. The number of amides is 3. The van der Waals surface area contributed by atoms with Gasteiger partial charge in [-0.15, -0.1) is 0 Å². The Kier molecular flexibility index (Phi) is 2.89. The Morgan fingerprint density at radius 3 is 2.53 bits per heavy atom. The van der Waals surface area contributed by atoms with Crippen LogP contribution >= 0.6 is 15.9 Å². The molecule has 0 bridgehead atoms. The summed E-state index contributed by atoms with van der Waals surface area (Å²) < 4.78 is 0.983. The molecule has 1 atom stereocenters. The third-order valence-corrected chi connectivity index (χ3v) is 4.48. The first-order valence-corrected chi connectivity index (χ1v) is 7.18. The van der Waals surface area contributed by atoms with Crippen LogP contribution in [0.2, 0.25) is 0 Å². The van der Waals surface area contributed by atoms with Gasteiger partial charge in [0.1, 0.15) is 5.54 Å². The first-order chi connectivity index (χ1) is 9.00. The van der Waals surface area contributed by atoms with Gasteiger partial charge in [0.2, 0.25) is 0 Å². The van der Waals surface area contributed by atoms with Gasteiger partial charge in [0, 0.05) is 4.47 Å². The van der Waals surface area contributed by atoms with E-state index in [1.165, 1.54) is 4.90 Å². The second-order valence-electron chi connectivity index (χ2n) is 5.42. The summed E-state index contributed by atoms with van der Waals surface area (Å²) in [5, 5.41) is 2.85. The van der Waals surface area contributed by atoms with E-state index in [1.807, 2.05) is 31.2 Å². The third-order valence-electron chi connectivity index (χ3n) is 3.95. The zero-order chi connectivity index (χ0) is 13.6. The summed E-state index contributed by atoms with van der Waals surface area (Å²) >= 11 is 3.37. The molecule has 1 aliphatic heterocycles. The van der Waals surface area contributed by atoms with Crippen LogP contribution in [-0.2, 0) is 11.3 Å². The molecule has 0 aromatic heterocycles. The van der Waals surface area contributed by atoms with Gasteiger partial charge in [-0.1, -0.05) is 28.1 Å². The van der Waals surface area contributed by atoms with Crippen LogP contribution in [0.1, 0.15) is 25.3 Å². The molecule has 3 amide bonds. The number of benzene rings is 1. The van der Waals surface area contributed by atoms with E-state index in [4.69, 9.17) is 0 Å². The maximum absolute atomic E-state index is 12.4. The molecule has 2 fully saturated rings. The molecule has 0 unspecified atom stereocenters. The molecule has 5 heteroatoms. The summed E-state index contributed by atoms with van der Waals surface area (Å²) in [6.07, 6.45) is 2.04. The van der Waals surface area contributed by atoms with Crippen molar-refractivity contribution in [3.8, 4) is 0 Å². The van der Waals surface area contributed by atoms with Crippen molar-refractivity contribution < 1.29 is 9.59 Å². The number of nitrogens with one attached hydrogen (secondary N) is 1. The van der Waals surface area contributed by atoms with Crippen LogP contribution in [-0.4, -0.2) is 22.4 Å². The number of hydrogen-bond donors (Lipinski definition) is 1. The van der Waals surface area contributed by atoms with E-state index in [0.717, 1.165) is 22.9 Å². The Morgan fingerprint density at radius 1 is 1.32 bits per heavy atom. The monoisotopic (exact) mass is 322 g/mol. The minimum absolute atomic E-state index is 0.0945. The summed E-state index contributed by atoms with van der Waals surface area (Å²) in [7, 11) is 0. The van der Waals surface area contributed by atoms with Gasteiger partial charge in [0.15, 0.2) is 0 Å². The van der Waals surface area contributed by atoms with E-state index in [9.17, 15) is 9.59 Å². The second kappa shape index (κ2) is 4.34. The van der Waals surface area contributed by atoms with Gasteiger partial charge < -0.3 is 5.32 Å². The van der Waals surface area contributed by atoms with Gasteiger partial charge in [-0.2, -0.15) is 0 Å². The number of imide groups is 1. The van der Waals surface area contributed by atoms with Crippen LogP contribution in [0.25, 0.3) is 0 Å². The Labute approximate surface area is 120 Å². The Bertz CT molecular complexity index is 539. The second-order valence-corrected chi connectivity index (χ2v) is 6.34. The van der Waals surface area contributed by atoms with Crippen LogP contribution < -0.4 is 5.32 Å². The number of rotatable bonds is 3. The number of carbonyl (C=O) groups excluding carboxylic acids is 2. The fourth-order valence-electron chi connectivity index (χ4n) is 2.57. The number of halogens is 1. The topological polar surface area (TPSA) is 49.4 Å². The highest BCUT2D eigenvalue weighted by Crippen LogP contribution is 2.42. The molecule has 1 aromatic carbocycles. The summed E-state index contributed by atoms with van der Waals surface area (Å²) in [6.45, 7) is 2.17. The van der Waals surface area contributed by atoms with Crippen molar-refractivity contribution in [3.05, 3.63) is 34.3 Å². The maximum atomic E-state index is 12.4. The molecule has 1 heterocycles. The lowest BCUT2D eigenvalue weighted by Gasteiger charge is -2.21. The number of carbonyl (C=O) groups is 2. The van der Waals surface area contributed by atoms with Gasteiger partial charge in [-0.25, -0.2) is 4.79 Å². The smallest absolute Gasteiger partial charge is 0.323 e. The number of nitrogens with zero attached hydrogens (tertiary/aromatic N) is 1. The Balaban J connectivity index is 1.79. The van der Waals surface area contributed by atoms with Gasteiger partial charge in [-0.3, -0.25) is 9.69 Å². The summed E-state index contributed by atoms with van der Waals surface area (Å²) in [4.78, 5) is 25.7. The Morgan fingerprint density at radius 2 is 1.95 bits per heavy atom. The first-order valence-electron chi connectivity index (χ1n) is 6.39. The predicted octanol–water partition coefficient (Wildman–Crippen LogP) is 2.67. The van der Waals surface area contributed by atoms with Gasteiger partial charge in [-0.05, 0) is 43.4 Å². The molecule has 19 heavy (non-hydrogen) atoms. The molecule has 2 aliphatic rings. The Hall–Kier alpha value is -1.36. The van der Waals surface area contributed by atoms with Crippen LogP contribution in [0.3, 0.4) is 0 Å². The molecule has 0 spiro atoms. The predicted molar refractivity (Wildman–Crippen MR) is 74.4 cm³/mol. The quantitative estimate of drug-likeness (QED) is 0.870. The fraction of sp³-hybridized carbons (Fsp3) is 0.429. The van der Waals surface area contributed by atoms with Gasteiger partial charge in [0.05, 0.1) is 6.54 Å². The third kappa shape index (κ3) is 2.16. The number of urea groups is 1. The fourth-order valence-corrected chi connectivity index (χ4v) is 2.83. The van der Waals surface area contributed by atoms with E-state index in [-0.39, 0.29) is 11.9 Å². The van der Waals surface area contributed by atoms with Crippen LogP contribution in [0, 0.1) is 5.92 Å². The molecular weight excluding hydrogens is 308 g/mol. The lowest BCUT2D eigenvalue weighted by atomic mass is 9.96. The van der Waals surface area contributed by atoms with E-state index in [1.54, 1.807) is 0 Å². The van der Waals surface area contributed by atoms with E-state index in [0.29, 0.717) is 12.5 Å². The van der Waals surface area contributed by atoms with E-state index in [2.05, 4.69) is 21.2 Å². The molecular formula is C14H15BrN2O2. The van der Waals surface area contributed by atoms with Crippen molar-refractivity contribution >= 4 is 27.9 Å². The van der Waals surface area contributed by atoms with Crippen molar-refractivity contribution in [1.82, 2.24) is 10.2 Å². The summed E-state index contributed by atoms with van der Waals surface area (Å²) in [6, 6.07) is 7.37. The van der Waals surface area contributed by atoms with E-state index < -0.39 is 5.54 Å². The molecule has 1 saturated heterocycles. The normalized spacial score (nSPS) is 26.7. The zero-order valence-corrected chi connectivity index (χ0v) is 12.2. The highest BCUT2D eigenvalue weighted by Gasteiger charge is 2.55. The van der Waals surface area contributed by atoms with Crippen molar-refractivity contribution in [2.24, 2.45) is 5.92 Å². The molecule has 4 nitrogen and oxygen atoms in total. The average molecular weight is 323 g/mol. The van der Waals surface area contributed by atoms with E-state index >= 15 is 0 Å². The van der Waals surface area contributed by atoms with Crippen LogP contribution in [0.15, 0.2) is 28.7 Å². The average Bonchev–Trinajstić information content (AvgIpc) is 3.18. The van der Waals surface area contributed by atoms with Crippen molar-refractivity contribution in [2.45, 2.75) is 31.8 Å². The highest BCUT2D eigenvalue weighted by atomic mass is 79.9. The molecule has 3 rings (SSSR count). The zero-order valence-electron chi connectivity index (χ0n) is 10.6. The lowest BCUT2D eigenvalue weighted by Crippen LogP contribution is -2.46. The molecule has 1 aromatic rings. The number of hydrogen-bond acceptors (Lipinski definition) is 2. The molecule has 0 radical (unpaired) electrons. The minimum Gasteiger partial charge on any atom is -0.323 e. The van der Waals surface area contributed by atoms with Gasteiger partial charge in [0.25, 0.3) is 5.91 Å².